The van der Waals surface area contributed by atoms with Crippen molar-refractivity contribution < 1.29 is 4.79 Å². The minimum Gasteiger partial charge on any atom is -0.351 e. The maximum atomic E-state index is 12.9. The normalized spacial score (nSPS) is 17.1. The number of likely N-dealkylation sites (tertiary alicyclic amines) is 1. The highest BCUT2D eigenvalue weighted by Gasteiger charge is 2.28. The first-order valence-corrected chi connectivity index (χ1v) is 14.0. The molecule has 0 aliphatic carbocycles. The number of halogens is 2. The number of amides is 2. The largest absolute Gasteiger partial charge is 0.351 e. The topological polar surface area (TPSA) is 82.4 Å². The van der Waals surface area contributed by atoms with Crippen molar-refractivity contribution in [1.29, 1.82) is 0 Å². The summed E-state index contributed by atoms with van der Waals surface area (Å²) >= 11 is 12.8. The van der Waals surface area contributed by atoms with Crippen molar-refractivity contribution in [3.05, 3.63) is 64.9 Å². The first kappa shape index (κ1) is 25.9. The Morgan fingerprint density at radius 2 is 1.64 bits per heavy atom. The van der Waals surface area contributed by atoms with Crippen LogP contribution in [0.3, 0.4) is 0 Å². The van der Waals surface area contributed by atoms with Crippen LogP contribution in [0.15, 0.2) is 54.9 Å². The van der Waals surface area contributed by atoms with E-state index in [1.807, 2.05) is 58.0 Å². The molecule has 0 radical (unpaired) electrons. The number of aromatic nitrogens is 4. The second kappa shape index (κ2) is 11.0. The van der Waals surface area contributed by atoms with Gasteiger partial charge in [0, 0.05) is 48.5 Å². The van der Waals surface area contributed by atoms with Crippen LogP contribution in [0.5, 0.6) is 0 Å². The highest BCUT2D eigenvalue weighted by molar-refractivity contribution is 6.33. The Morgan fingerprint density at radius 3 is 2.36 bits per heavy atom. The highest BCUT2D eigenvalue weighted by Crippen LogP contribution is 2.35. The van der Waals surface area contributed by atoms with Crippen molar-refractivity contribution in [3.63, 3.8) is 0 Å². The summed E-state index contributed by atoms with van der Waals surface area (Å²) in [5, 5.41) is 4.48. The molecule has 2 aliphatic heterocycles. The summed E-state index contributed by atoms with van der Waals surface area (Å²) in [4.78, 5) is 33.6. The summed E-state index contributed by atoms with van der Waals surface area (Å²) < 4.78 is 1.99. The van der Waals surface area contributed by atoms with Gasteiger partial charge in [0.15, 0.2) is 17.0 Å². The van der Waals surface area contributed by atoms with E-state index in [0.717, 1.165) is 43.0 Å². The number of nitrogens with one attached hydrogen (secondary N) is 1. The maximum absolute atomic E-state index is 12.9. The van der Waals surface area contributed by atoms with Crippen molar-refractivity contribution in [3.8, 4) is 17.1 Å². The monoisotopic (exact) mass is 564 g/mol. The molecule has 9 nitrogen and oxygen atoms in total. The number of rotatable bonds is 4. The van der Waals surface area contributed by atoms with Crippen molar-refractivity contribution in [2.24, 2.45) is 0 Å². The molecule has 2 aromatic heterocycles. The van der Waals surface area contributed by atoms with Gasteiger partial charge in [0.05, 0.1) is 5.02 Å². The van der Waals surface area contributed by atoms with Crippen LogP contribution in [0.1, 0.15) is 12.8 Å². The average Bonchev–Trinajstić information content (AvgIpc) is 3.34. The van der Waals surface area contributed by atoms with E-state index in [1.165, 1.54) is 0 Å². The Bertz CT molecular complexity index is 1470. The van der Waals surface area contributed by atoms with Crippen LogP contribution in [0.4, 0.5) is 10.6 Å². The molecule has 0 atom stereocenters. The maximum Gasteiger partial charge on any atom is 0.317 e. The Balaban J connectivity index is 1.28. The third kappa shape index (κ3) is 5.26. The fourth-order valence-corrected chi connectivity index (χ4v) is 5.66. The average molecular weight is 566 g/mol. The highest BCUT2D eigenvalue weighted by atomic mass is 35.5. The molecule has 2 amide bonds. The van der Waals surface area contributed by atoms with Crippen LogP contribution in [0, 0.1) is 0 Å². The van der Waals surface area contributed by atoms with Gasteiger partial charge in [-0.25, -0.2) is 19.7 Å². The van der Waals surface area contributed by atoms with E-state index >= 15 is 0 Å². The molecule has 6 rings (SSSR count). The number of hydrogen-bond donors (Lipinski definition) is 1. The Hall–Kier alpha value is -3.40. The fraction of sp³-hybridized carbons (Fsp3) is 0.357. The molecular formula is C28H30Cl2N8O. The van der Waals surface area contributed by atoms with Crippen molar-refractivity contribution >= 4 is 46.2 Å². The second-order valence-corrected chi connectivity index (χ2v) is 10.9. The van der Waals surface area contributed by atoms with E-state index in [9.17, 15) is 4.79 Å². The molecule has 0 saturated carbocycles. The van der Waals surface area contributed by atoms with Gasteiger partial charge in [0.25, 0.3) is 0 Å². The van der Waals surface area contributed by atoms with Gasteiger partial charge in [-0.2, -0.15) is 0 Å². The molecule has 4 heterocycles. The van der Waals surface area contributed by atoms with E-state index in [1.54, 1.807) is 6.33 Å². The number of fused-ring (bicyclic) bond motifs is 1. The minimum atomic E-state index is 0.0186. The first-order valence-electron chi connectivity index (χ1n) is 13.2. The number of carbonyl (C=O) groups excluding carboxylic acids is 1. The Kier molecular flexibility index (Phi) is 7.29. The SMILES string of the molecule is CN1CCC(NC(=O)N2CCN(c3ncnc4c3nc(-c3ccccc3Cl)n4-c3ccc(Cl)cc3)CC2)CC1. The minimum absolute atomic E-state index is 0.0186. The summed E-state index contributed by atoms with van der Waals surface area (Å²) in [6.45, 7) is 4.56. The van der Waals surface area contributed by atoms with E-state index in [-0.39, 0.29) is 12.1 Å². The number of urea groups is 1. The van der Waals surface area contributed by atoms with Gasteiger partial charge in [-0.3, -0.25) is 4.57 Å². The predicted molar refractivity (Wildman–Crippen MR) is 155 cm³/mol. The Labute approximate surface area is 237 Å². The molecule has 2 fully saturated rings. The first-order chi connectivity index (χ1) is 19.0. The zero-order chi connectivity index (χ0) is 26.9. The third-order valence-electron chi connectivity index (χ3n) is 7.54. The summed E-state index contributed by atoms with van der Waals surface area (Å²) in [7, 11) is 2.12. The fourth-order valence-electron chi connectivity index (χ4n) is 5.31. The number of anilines is 1. The summed E-state index contributed by atoms with van der Waals surface area (Å²) in [6.07, 6.45) is 3.55. The van der Waals surface area contributed by atoms with E-state index in [0.29, 0.717) is 53.2 Å². The van der Waals surface area contributed by atoms with Gasteiger partial charge >= 0.3 is 6.03 Å². The zero-order valence-electron chi connectivity index (χ0n) is 21.7. The smallest absolute Gasteiger partial charge is 0.317 e. The van der Waals surface area contributed by atoms with Gasteiger partial charge in [0.1, 0.15) is 12.2 Å². The molecule has 0 unspecified atom stereocenters. The lowest BCUT2D eigenvalue weighted by Gasteiger charge is -2.37. The lowest BCUT2D eigenvalue weighted by molar-refractivity contribution is 0.178. The summed E-state index contributed by atoms with van der Waals surface area (Å²) in [5.41, 5.74) is 3.04. The number of piperidine rings is 1. The number of benzene rings is 2. The molecule has 0 bridgehead atoms. The third-order valence-corrected chi connectivity index (χ3v) is 8.12. The van der Waals surface area contributed by atoms with Crippen LogP contribution in [-0.4, -0.2) is 87.7 Å². The summed E-state index contributed by atoms with van der Waals surface area (Å²) in [5.74, 6) is 1.42. The van der Waals surface area contributed by atoms with Crippen molar-refractivity contribution in [2.75, 3.05) is 51.2 Å². The van der Waals surface area contributed by atoms with E-state index in [2.05, 4.69) is 32.1 Å². The summed E-state index contributed by atoms with van der Waals surface area (Å²) in [6, 6.07) is 15.5. The van der Waals surface area contributed by atoms with Crippen LogP contribution in [0.25, 0.3) is 28.2 Å². The lowest BCUT2D eigenvalue weighted by atomic mass is 10.1. The molecular weight excluding hydrogens is 535 g/mol. The van der Waals surface area contributed by atoms with Gasteiger partial charge in [0.2, 0.25) is 0 Å². The number of carbonyl (C=O) groups is 1. The number of hydrogen-bond acceptors (Lipinski definition) is 6. The molecule has 4 aromatic rings. The standard InChI is InChI=1S/C28H30Cl2N8O/c1-35-12-10-20(11-13-35)33-28(39)37-16-14-36(15-17-37)26-24-27(32-18-31-26)38(21-8-6-19(29)7-9-21)25(34-24)22-4-2-3-5-23(22)30/h2-9,18,20H,10-17H2,1H3,(H,33,39). The van der Waals surface area contributed by atoms with Gasteiger partial charge < -0.3 is 20.0 Å². The molecule has 202 valence electrons. The van der Waals surface area contributed by atoms with Crippen LogP contribution in [-0.2, 0) is 0 Å². The van der Waals surface area contributed by atoms with Crippen LogP contribution in [0.2, 0.25) is 10.0 Å². The van der Waals surface area contributed by atoms with Gasteiger partial charge in [-0.1, -0.05) is 35.3 Å². The molecule has 0 spiro atoms. The quantitative estimate of drug-likeness (QED) is 0.386. The van der Waals surface area contributed by atoms with Crippen molar-refractivity contribution in [2.45, 2.75) is 18.9 Å². The molecule has 2 saturated heterocycles. The van der Waals surface area contributed by atoms with Crippen LogP contribution >= 0.6 is 23.2 Å². The molecule has 1 N–H and O–H groups in total. The molecule has 2 aliphatic rings. The van der Waals surface area contributed by atoms with E-state index < -0.39 is 0 Å². The Morgan fingerprint density at radius 1 is 0.923 bits per heavy atom. The molecule has 11 heteroatoms. The number of piperazine rings is 1. The number of imidazole rings is 1. The van der Waals surface area contributed by atoms with Crippen molar-refractivity contribution in [1.82, 2.24) is 34.6 Å². The number of nitrogens with zero attached hydrogens (tertiary/aromatic N) is 7. The second-order valence-electron chi connectivity index (χ2n) is 10.1. The predicted octanol–water partition coefficient (Wildman–Crippen LogP) is 4.72. The van der Waals surface area contributed by atoms with Gasteiger partial charge in [-0.05, 0) is 69.4 Å². The molecule has 39 heavy (non-hydrogen) atoms. The van der Waals surface area contributed by atoms with Gasteiger partial charge in [-0.15, -0.1) is 0 Å². The van der Waals surface area contributed by atoms with Crippen LogP contribution < -0.4 is 10.2 Å². The van der Waals surface area contributed by atoms with E-state index in [4.69, 9.17) is 28.2 Å². The lowest BCUT2D eigenvalue weighted by Crippen LogP contribution is -2.54. The molecule has 2 aromatic carbocycles. The zero-order valence-corrected chi connectivity index (χ0v) is 23.2.